The number of piperazine rings is 1. The topological polar surface area (TPSA) is 45.4 Å². The number of pyridine rings is 1. The van der Waals surface area contributed by atoms with E-state index in [9.17, 15) is 0 Å². The highest BCUT2D eigenvalue weighted by Gasteiger charge is 2.28. The fourth-order valence-corrected chi connectivity index (χ4v) is 4.21. The molecule has 0 aromatic carbocycles. The van der Waals surface area contributed by atoms with Gasteiger partial charge < -0.3 is 9.32 Å². The molecule has 0 N–H and O–H groups in total. The number of oxazole rings is 1. The van der Waals surface area contributed by atoms with Crippen LogP contribution in [0.2, 0.25) is 0 Å². The summed E-state index contributed by atoms with van der Waals surface area (Å²) in [5.41, 5.74) is -0.00540. The molecule has 0 bridgehead atoms. The highest BCUT2D eigenvalue weighted by Crippen LogP contribution is 2.31. The Morgan fingerprint density at radius 3 is 2.58 bits per heavy atom. The van der Waals surface area contributed by atoms with Gasteiger partial charge in [0.2, 0.25) is 5.89 Å². The van der Waals surface area contributed by atoms with Crippen LogP contribution in [0.1, 0.15) is 45.4 Å². The maximum Gasteiger partial charge on any atom is 0.211 e. The molecule has 3 aromatic rings. The van der Waals surface area contributed by atoms with Crippen molar-refractivity contribution < 1.29 is 4.42 Å². The van der Waals surface area contributed by atoms with Crippen LogP contribution < -0.4 is 4.90 Å². The molecule has 1 fully saturated rings. The summed E-state index contributed by atoms with van der Waals surface area (Å²) in [5.74, 6) is 2.88. The van der Waals surface area contributed by atoms with Crippen LogP contribution in [0, 0.1) is 0 Å². The molecule has 3 aromatic heterocycles. The number of anilines is 1. The van der Waals surface area contributed by atoms with E-state index < -0.39 is 0 Å². The van der Waals surface area contributed by atoms with Crippen LogP contribution in [0.5, 0.6) is 0 Å². The highest BCUT2D eigenvalue weighted by molar-refractivity contribution is 7.17. The molecular weight excluding hydrogens is 344 g/mol. The number of nitrogens with zero attached hydrogens (tertiary/aromatic N) is 4. The van der Waals surface area contributed by atoms with Gasteiger partial charge in [-0.15, -0.1) is 11.3 Å². The molecular formula is C20H26N4OS. The number of fused-ring (bicyclic) bond motifs is 1. The van der Waals surface area contributed by atoms with E-state index in [1.165, 1.54) is 10.1 Å². The molecule has 0 saturated carbocycles. The molecule has 138 valence electrons. The van der Waals surface area contributed by atoms with Gasteiger partial charge in [-0.3, -0.25) is 4.90 Å². The summed E-state index contributed by atoms with van der Waals surface area (Å²) in [4.78, 5) is 14.0. The number of thiophene rings is 1. The van der Waals surface area contributed by atoms with Crippen LogP contribution in [-0.2, 0) is 5.41 Å². The van der Waals surface area contributed by atoms with Gasteiger partial charge in [-0.2, -0.15) is 0 Å². The van der Waals surface area contributed by atoms with E-state index in [-0.39, 0.29) is 11.5 Å². The second-order valence-electron chi connectivity index (χ2n) is 7.98. The molecule has 1 saturated heterocycles. The molecule has 0 spiro atoms. The van der Waals surface area contributed by atoms with Gasteiger partial charge in [-0.25, -0.2) is 9.97 Å². The SMILES string of the molecule is CC(c1ncc(C(C)(C)C)o1)N1CCN(c2nccc3sccc23)CC1. The molecule has 0 radical (unpaired) electrons. The summed E-state index contributed by atoms with van der Waals surface area (Å²) in [6.07, 6.45) is 3.80. The fourth-order valence-electron chi connectivity index (χ4n) is 3.44. The maximum absolute atomic E-state index is 6.04. The average molecular weight is 371 g/mol. The Hall–Kier alpha value is -1.92. The molecule has 6 heteroatoms. The first-order valence-corrected chi connectivity index (χ1v) is 10.1. The third kappa shape index (κ3) is 3.23. The van der Waals surface area contributed by atoms with Crippen molar-refractivity contribution in [3.8, 4) is 0 Å². The van der Waals surface area contributed by atoms with Crippen LogP contribution in [0.4, 0.5) is 5.82 Å². The second-order valence-corrected chi connectivity index (χ2v) is 8.93. The van der Waals surface area contributed by atoms with Crippen LogP contribution >= 0.6 is 11.3 Å². The van der Waals surface area contributed by atoms with E-state index in [1.54, 1.807) is 11.3 Å². The standard InChI is InChI=1S/C20H26N4OS/c1-14(19-22-13-17(25-19)20(2,3)4)23-8-10-24(11-9-23)18-15-6-12-26-16(15)5-7-21-18/h5-7,12-14H,8-11H2,1-4H3. The lowest BCUT2D eigenvalue weighted by Crippen LogP contribution is -2.47. The lowest BCUT2D eigenvalue weighted by molar-refractivity contribution is 0.169. The Morgan fingerprint density at radius 1 is 1.12 bits per heavy atom. The molecule has 4 heterocycles. The summed E-state index contributed by atoms with van der Waals surface area (Å²) in [5, 5.41) is 3.41. The lowest BCUT2D eigenvalue weighted by atomic mass is 9.94. The maximum atomic E-state index is 6.04. The Bertz CT molecular complexity index is 886. The van der Waals surface area contributed by atoms with Crippen molar-refractivity contribution in [3.63, 3.8) is 0 Å². The minimum absolute atomic E-state index is 0.00540. The van der Waals surface area contributed by atoms with Gasteiger partial charge in [0.1, 0.15) is 11.6 Å². The number of hydrogen-bond acceptors (Lipinski definition) is 6. The molecule has 1 aliphatic heterocycles. The normalized spacial score (nSPS) is 17.8. The van der Waals surface area contributed by atoms with Crippen molar-refractivity contribution in [1.82, 2.24) is 14.9 Å². The van der Waals surface area contributed by atoms with E-state index >= 15 is 0 Å². The van der Waals surface area contributed by atoms with Crippen molar-refractivity contribution >= 4 is 27.2 Å². The molecule has 26 heavy (non-hydrogen) atoms. The number of hydrogen-bond donors (Lipinski definition) is 0. The number of aromatic nitrogens is 2. The highest BCUT2D eigenvalue weighted by atomic mass is 32.1. The summed E-state index contributed by atoms with van der Waals surface area (Å²) in [6.45, 7) is 12.5. The predicted molar refractivity (Wildman–Crippen MR) is 107 cm³/mol. The first kappa shape index (κ1) is 17.5. The Labute approximate surface area is 158 Å². The average Bonchev–Trinajstić information content (AvgIpc) is 3.30. The molecule has 1 unspecified atom stereocenters. The van der Waals surface area contributed by atoms with Crippen molar-refractivity contribution in [2.75, 3.05) is 31.1 Å². The quantitative estimate of drug-likeness (QED) is 0.681. The van der Waals surface area contributed by atoms with Gasteiger partial charge in [-0.05, 0) is 24.4 Å². The summed E-state index contributed by atoms with van der Waals surface area (Å²) in [7, 11) is 0. The zero-order valence-electron chi connectivity index (χ0n) is 15.9. The van der Waals surface area contributed by atoms with Crippen LogP contribution in [0.15, 0.2) is 34.3 Å². The molecule has 1 aliphatic rings. The van der Waals surface area contributed by atoms with E-state index in [1.807, 2.05) is 12.4 Å². The Morgan fingerprint density at radius 2 is 1.88 bits per heavy atom. The smallest absolute Gasteiger partial charge is 0.211 e. The van der Waals surface area contributed by atoms with Crippen molar-refractivity contribution in [2.45, 2.75) is 39.2 Å². The molecule has 0 amide bonds. The van der Waals surface area contributed by atoms with Gasteiger partial charge in [0.05, 0.1) is 12.2 Å². The first-order valence-electron chi connectivity index (χ1n) is 9.21. The van der Waals surface area contributed by atoms with E-state index in [2.05, 4.69) is 65.0 Å². The van der Waals surface area contributed by atoms with Crippen LogP contribution in [0.3, 0.4) is 0 Å². The van der Waals surface area contributed by atoms with Gasteiger partial charge in [0.25, 0.3) is 0 Å². The largest absolute Gasteiger partial charge is 0.443 e. The minimum atomic E-state index is -0.00540. The summed E-state index contributed by atoms with van der Waals surface area (Å²) < 4.78 is 7.35. The van der Waals surface area contributed by atoms with E-state index in [4.69, 9.17) is 4.42 Å². The van der Waals surface area contributed by atoms with Crippen molar-refractivity contribution in [3.05, 3.63) is 41.6 Å². The predicted octanol–water partition coefficient (Wildman–Crippen LogP) is 4.47. The van der Waals surface area contributed by atoms with Crippen molar-refractivity contribution in [2.24, 2.45) is 0 Å². The zero-order chi connectivity index (χ0) is 18.3. The summed E-state index contributed by atoms with van der Waals surface area (Å²) >= 11 is 1.77. The van der Waals surface area contributed by atoms with Crippen molar-refractivity contribution in [1.29, 1.82) is 0 Å². The monoisotopic (exact) mass is 370 g/mol. The van der Waals surface area contributed by atoms with Crippen LogP contribution in [-0.4, -0.2) is 41.0 Å². The van der Waals surface area contributed by atoms with E-state index in [0.717, 1.165) is 43.6 Å². The summed E-state index contributed by atoms with van der Waals surface area (Å²) in [6, 6.07) is 4.47. The zero-order valence-corrected chi connectivity index (χ0v) is 16.7. The molecule has 4 rings (SSSR count). The Kier molecular flexibility index (Phi) is 4.49. The van der Waals surface area contributed by atoms with Crippen LogP contribution in [0.25, 0.3) is 10.1 Å². The number of rotatable bonds is 3. The van der Waals surface area contributed by atoms with Gasteiger partial charge in [-0.1, -0.05) is 20.8 Å². The van der Waals surface area contributed by atoms with E-state index in [0.29, 0.717) is 0 Å². The van der Waals surface area contributed by atoms with Gasteiger partial charge >= 0.3 is 0 Å². The molecule has 0 aliphatic carbocycles. The Balaban J connectivity index is 1.45. The minimum Gasteiger partial charge on any atom is -0.443 e. The van der Waals surface area contributed by atoms with Gasteiger partial charge in [0, 0.05) is 47.9 Å². The van der Waals surface area contributed by atoms with Gasteiger partial charge in [0.15, 0.2) is 0 Å². The lowest BCUT2D eigenvalue weighted by Gasteiger charge is -2.37. The fraction of sp³-hybridized carbons (Fsp3) is 0.500. The second kappa shape index (κ2) is 6.67. The molecule has 5 nitrogen and oxygen atoms in total. The third-order valence-electron chi connectivity index (χ3n) is 5.14. The third-order valence-corrected chi connectivity index (χ3v) is 6.02. The first-order chi connectivity index (χ1) is 12.4. The molecule has 1 atom stereocenters.